The lowest BCUT2D eigenvalue weighted by Crippen LogP contribution is -2.54. The van der Waals surface area contributed by atoms with Crippen LogP contribution in [0.3, 0.4) is 0 Å². The second-order valence-corrected chi connectivity index (χ2v) is 6.65. The fraction of sp³-hybridized carbons (Fsp3) is 0.625. The number of rotatable bonds is 3. The zero-order valence-corrected chi connectivity index (χ0v) is 12.7. The Labute approximate surface area is 125 Å². The highest BCUT2D eigenvalue weighted by atomic mass is 35.5. The van der Waals surface area contributed by atoms with E-state index in [-0.39, 0.29) is 5.75 Å². The van der Waals surface area contributed by atoms with Gasteiger partial charge in [-0.15, -0.1) is 0 Å². The van der Waals surface area contributed by atoms with Crippen molar-refractivity contribution in [3.8, 4) is 5.75 Å². The zero-order valence-electron chi connectivity index (χ0n) is 12.0. The number of hydrogen-bond donors (Lipinski definition) is 2. The van der Waals surface area contributed by atoms with Gasteiger partial charge in [-0.3, -0.25) is 0 Å². The van der Waals surface area contributed by atoms with Gasteiger partial charge >= 0.3 is 0 Å². The third-order valence-electron chi connectivity index (χ3n) is 4.95. The van der Waals surface area contributed by atoms with Crippen molar-refractivity contribution < 1.29 is 5.11 Å². The molecule has 2 bridgehead atoms. The molecule has 2 unspecified atom stereocenters. The Morgan fingerprint density at radius 2 is 2.00 bits per heavy atom. The smallest absolute Gasteiger partial charge is 0.134 e. The Morgan fingerprint density at radius 1 is 1.30 bits per heavy atom. The first kappa shape index (κ1) is 14.2. The minimum Gasteiger partial charge on any atom is -0.506 e. The van der Waals surface area contributed by atoms with E-state index in [0.717, 1.165) is 24.2 Å². The molecule has 20 heavy (non-hydrogen) atoms. The van der Waals surface area contributed by atoms with Gasteiger partial charge in [0.05, 0.1) is 5.02 Å². The van der Waals surface area contributed by atoms with Gasteiger partial charge in [-0.2, -0.15) is 0 Å². The lowest BCUT2D eigenvalue weighted by molar-refractivity contribution is 0.0482. The molecule has 0 amide bonds. The van der Waals surface area contributed by atoms with Gasteiger partial charge in [-0.05, 0) is 50.4 Å². The van der Waals surface area contributed by atoms with E-state index in [0.29, 0.717) is 11.1 Å². The van der Waals surface area contributed by atoms with Gasteiger partial charge in [0, 0.05) is 24.7 Å². The molecule has 4 heteroatoms. The van der Waals surface area contributed by atoms with Gasteiger partial charge in [0.2, 0.25) is 0 Å². The van der Waals surface area contributed by atoms with Gasteiger partial charge in [-0.25, -0.2) is 0 Å². The number of piperidine rings is 2. The van der Waals surface area contributed by atoms with Crippen molar-refractivity contribution in [1.29, 1.82) is 0 Å². The summed E-state index contributed by atoms with van der Waals surface area (Å²) in [6.45, 7) is 0.827. The molecule has 1 aromatic rings. The Hall–Kier alpha value is -0.770. The number of phenols is 1. The minimum absolute atomic E-state index is 0.157. The Kier molecular flexibility index (Phi) is 4.20. The maximum atomic E-state index is 9.44. The highest BCUT2D eigenvalue weighted by molar-refractivity contribution is 6.32. The number of halogens is 1. The van der Waals surface area contributed by atoms with Gasteiger partial charge < -0.3 is 15.3 Å². The van der Waals surface area contributed by atoms with E-state index in [1.165, 1.54) is 32.1 Å². The van der Waals surface area contributed by atoms with Gasteiger partial charge in [0.25, 0.3) is 0 Å². The molecule has 3 nitrogen and oxygen atoms in total. The normalized spacial score (nSPS) is 30.4. The number of aromatic hydroxyl groups is 1. The molecule has 3 rings (SSSR count). The van der Waals surface area contributed by atoms with Crippen LogP contribution in [0.15, 0.2) is 18.2 Å². The molecule has 2 atom stereocenters. The van der Waals surface area contributed by atoms with Crippen LogP contribution < -0.4 is 5.32 Å². The summed E-state index contributed by atoms with van der Waals surface area (Å²) in [7, 11) is 2.28. The Balaban J connectivity index is 1.57. The molecule has 0 saturated carbocycles. The molecule has 1 aromatic carbocycles. The van der Waals surface area contributed by atoms with Crippen molar-refractivity contribution in [1.82, 2.24) is 10.2 Å². The summed E-state index contributed by atoms with van der Waals surface area (Å²) >= 11 is 5.95. The Bertz CT molecular complexity index is 466. The number of phenolic OH excluding ortho intramolecular Hbond substituents is 1. The van der Waals surface area contributed by atoms with Crippen LogP contribution in [0, 0.1) is 0 Å². The van der Waals surface area contributed by atoms with Crippen molar-refractivity contribution in [3.05, 3.63) is 28.8 Å². The Morgan fingerprint density at radius 3 is 2.65 bits per heavy atom. The number of nitrogens with one attached hydrogen (secondary N) is 1. The summed E-state index contributed by atoms with van der Waals surface area (Å²) in [4.78, 5) is 2.58. The van der Waals surface area contributed by atoms with E-state index in [4.69, 9.17) is 11.6 Å². The lowest BCUT2D eigenvalue weighted by atomic mass is 9.82. The zero-order chi connectivity index (χ0) is 14.1. The second-order valence-electron chi connectivity index (χ2n) is 6.24. The average molecular weight is 295 g/mol. The van der Waals surface area contributed by atoms with E-state index in [1.54, 1.807) is 6.07 Å². The molecule has 0 aromatic heterocycles. The predicted octanol–water partition coefficient (Wildman–Crippen LogP) is 3.15. The summed E-state index contributed by atoms with van der Waals surface area (Å²) in [5.41, 5.74) is 1.14. The van der Waals surface area contributed by atoms with Crippen LogP contribution in [0.25, 0.3) is 0 Å². The topological polar surface area (TPSA) is 35.5 Å². The van der Waals surface area contributed by atoms with Crippen molar-refractivity contribution in [3.63, 3.8) is 0 Å². The largest absolute Gasteiger partial charge is 0.506 e. The molecule has 2 heterocycles. The van der Waals surface area contributed by atoms with Crippen LogP contribution in [0.2, 0.25) is 5.02 Å². The van der Waals surface area contributed by atoms with Crippen LogP contribution in [0.5, 0.6) is 5.75 Å². The van der Waals surface area contributed by atoms with Crippen molar-refractivity contribution in [2.24, 2.45) is 0 Å². The van der Waals surface area contributed by atoms with E-state index in [1.807, 2.05) is 12.1 Å². The van der Waals surface area contributed by atoms with Gasteiger partial charge in [0.1, 0.15) is 5.75 Å². The number of hydrogen-bond acceptors (Lipinski definition) is 3. The molecular formula is C16H23ClN2O. The quantitative estimate of drug-likeness (QED) is 0.899. The molecule has 2 fully saturated rings. The minimum atomic E-state index is 0.157. The van der Waals surface area contributed by atoms with Crippen LogP contribution in [-0.2, 0) is 6.54 Å². The van der Waals surface area contributed by atoms with E-state index in [2.05, 4.69) is 17.3 Å². The fourth-order valence-corrected chi connectivity index (χ4v) is 3.91. The number of nitrogens with zero attached hydrogens (tertiary/aromatic N) is 1. The first-order chi connectivity index (χ1) is 9.63. The third-order valence-corrected chi connectivity index (χ3v) is 5.25. The maximum absolute atomic E-state index is 9.44. The molecular weight excluding hydrogens is 272 g/mol. The summed E-state index contributed by atoms with van der Waals surface area (Å²) in [6.07, 6.45) is 6.57. The second kappa shape index (κ2) is 5.92. The monoisotopic (exact) mass is 294 g/mol. The van der Waals surface area contributed by atoms with E-state index >= 15 is 0 Å². The molecule has 0 spiro atoms. The summed E-state index contributed by atoms with van der Waals surface area (Å²) in [5.74, 6) is 0.157. The van der Waals surface area contributed by atoms with E-state index in [9.17, 15) is 5.11 Å². The van der Waals surface area contributed by atoms with Crippen molar-refractivity contribution >= 4 is 11.6 Å². The van der Waals surface area contributed by atoms with Crippen molar-refractivity contribution in [2.45, 2.75) is 56.8 Å². The van der Waals surface area contributed by atoms with Crippen LogP contribution >= 0.6 is 11.6 Å². The number of fused-ring (bicyclic) bond motifs is 2. The molecule has 2 N–H and O–H groups in total. The highest BCUT2D eigenvalue weighted by Gasteiger charge is 2.35. The molecule has 0 aliphatic carbocycles. The predicted molar refractivity (Wildman–Crippen MR) is 82.2 cm³/mol. The molecule has 2 aliphatic rings. The summed E-state index contributed by atoms with van der Waals surface area (Å²) < 4.78 is 0. The molecule has 110 valence electrons. The summed E-state index contributed by atoms with van der Waals surface area (Å²) in [5, 5.41) is 13.5. The lowest BCUT2D eigenvalue weighted by Gasteiger charge is -2.47. The number of benzene rings is 1. The van der Waals surface area contributed by atoms with Crippen molar-refractivity contribution in [2.75, 3.05) is 7.05 Å². The molecule has 2 saturated heterocycles. The van der Waals surface area contributed by atoms with Gasteiger partial charge in [0.15, 0.2) is 0 Å². The third kappa shape index (κ3) is 2.95. The van der Waals surface area contributed by atoms with Crippen LogP contribution in [-0.4, -0.2) is 35.2 Å². The van der Waals surface area contributed by atoms with Crippen LogP contribution in [0.4, 0.5) is 0 Å². The van der Waals surface area contributed by atoms with E-state index < -0.39 is 0 Å². The molecule has 2 aliphatic heterocycles. The highest BCUT2D eigenvalue weighted by Crippen LogP contribution is 2.32. The average Bonchev–Trinajstić information content (AvgIpc) is 2.41. The maximum Gasteiger partial charge on any atom is 0.134 e. The first-order valence-corrected chi connectivity index (χ1v) is 7.94. The standard InChI is InChI=1S/C16H23ClN2O/c1-19-13-3-2-4-14(19)9-12(8-13)18-10-11-5-6-16(20)15(17)7-11/h5-7,12-14,18,20H,2-4,8-10H2,1H3. The fourth-order valence-electron chi connectivity index (χ4n) is 3.71. The van der Waals surface area contributed by atoms with Gasteiger partial charge in [-0.1, -0.05) is 24.1 Å². The van der Waals surface area contributed by atoms with Crippen LogP contribution in [0.1, 0.15) is 37.7 Å². The summed E-state index contributed by atoms with van der Waals surface area (Å²) in [6, 6.07) is 7.56. The SMILES string of the molecule is CN1C2CCCC1CC(NCc1ccc(O)c(Cl)c1)C2. The first-order valence-electron chi connectivity index (χ1n) is 7.56. The molecule has 0 radical (unpaired) electrons.